The largest absolute Gasteiger partial charge is 0.299 e. The minimum atomic E-state index is -0.149. The first kappa shape index (κ1) is 24.3. The highest BCUT2D eigenvalue weighted by Gasteiger charge is 2.63. The molecular formula is C31H50O. The fourth-order valence-corrected chi connectivity index (χ4v) is 9.38. The van der Waals surface area contributed by atoms with Crippen LogP contribution in [0.4, 0.5) is 0 Å². The van der Waals surface area contributed by atoms with Crippen molar-refractivity contribution in [3.8, 4) is 0 Å². The number of ketones is 1. The quantitative estimate of drug-likeness (QED) is 0.391. The molecule has 2 saturated carbocycles. The van der Waals surface area contributed by atoms with Gasteiger partial charge >= 0.3 is 0 Å². The van der Waals surface area contributed by atoms with Gasteiger partial charge in [0.25, 0.3) is 0 Å². The SMILES string of the molecule is CC/C(C)=C\CC[C@@H](C)[C@H]1CC[C@@]2(C)C3=C(CC[C@]12C)[C@@]1(C)CCC(=O)C(C)(C)C1CC3. The van der Waals surface area contributed by atoms with Crippen LogP contribution in [0.1, 0.15) is 126 Å². The second-order valence-electron chi connectivity index (χ2n) is 13.5. The molecule has 0 N–H and O–H groups in total. The Bertz CT molecular complexity index is 827. The number of allylic oxidation sites excluding steroid dienone is 4. The zero-order valence-corrected chi connectivity index (χ0v) is 22.5. The van der Waals surface area contributed by atoms with Crippen LogP contribution in [0.5, 0.6) is 0 Å². The molecule has 6 atom stereocenters. The van der Waals surface area contributed by atoms with E-state index in [0.717, 1.165) is 24.7 Å². The summed E-state index contributed by atoms with van der Waals surface area (Å²) in [5, 5.41) is 0. The van der Waals surface area contributed by atoms with Gasteiger partial charge in [0, 0.05) is 11.8 Å². The van der Waals surface area contributed by atoms with Gasteiger partial charge in [-0.25, -0.2) is 0 Å². The van der Waals surface area contributed by atoms with Crippen LogP contribution in [0.25, 0.3) is 0 Å². The summed E-state index contributed by atoms with van der Waals surface area (Å²) in [5.74, 6) is 2.71. The van der Waals surface area contributed by atoms with Crippen molar-refractivity contribution in [3.63, 3.8) is 0 Å². The summed E-state index contributed by atoms with van der Waals surface area (Å²) in [6.45, 7) is 19.5. The molecule has 32 heavy (non-hydrogen) atoms. The normalized spacial score (nSPS) is 42.4. The Morgan fingerprint density at radius 1 is 1.00 bits per heavy atom. The molecule has 1 unspecified atom stereocenters. The van der Waals surface area contributed by atoms with Crippen LogP contribution in [0.2, 0.25) is 0 Å². The maximum Gasteiger partial charge on any atom is 0.138 e. The van der Waals surface area contributed by atoms with E-state index >= 15 is 0 Å². The van der Waals surface area contributed by atoms with Crippen molar-refractivity contribution in [3.05, 3.63) is 22.8 Å². The predicted octanol–water partition coefficient (Wildman–Crippen LogP) is 9.08. The molecule has 0 aromatic rings. The lowest BCUT2D eigenvalue weighted by atomic mass is 9.43. The van der Waals surface area contributed by atoms with Crippen molar-refractivity contribution >= 4 is 5.78 Å². The first-order chi connectivity index (χ1) is 14.9. The Labute approximate surface area is 198 Å². The average Bonchev–Trinajstić information content (AvgIpc) is 3.02. The maximum atomic E-state index is 12.8. The van der Waals surface area contributed by atoms with Crippen LogP contribution in [0.15, 0.2) is 22.8 Å². The van der Waals surface area contributed by atoms with Crippen LogP contribution in [-0.2, 0) is 4.79 Å². The summed E-state index contributed by atoms with van der Waals surface area (Å²) in [7, 11) is 0. The van der Waals surface area contributed by atoms with Gasteiger partial charge in [0.15, 0.2) is 0 Å². The Balaban J connectivity index is 1.62. The first-order valence-electron chi connectivity index (χ1n) is 13.8. The summed E-state index contributed by atoms with van der Waals surface area (Å²) in [6, 6.07) is 0. The molecule has 4 aliphatic carbocycles. The highest BCUT2D eigenvalue weighted by molar-refractivity contribution is 5.85. The van der Waals surface area contributed by atoms with Gasteiger partial charge in [-0.2, -0.15) is 0 Å². The van der Waals surface area contributed by atoms with Crippen LogP contribution in [0, 0.1) is 39.4 Å². The third-order valence-electron chi connectivity index (χ3n) is 11.9. The van der Waals surface area contributed by atoms with Gasteiger partial charge < -0.3 is 0 Å². The average molecular weight is 439 g/mol. The number of fused-ring (bicyclic) bond motifs is 4. The van der Waals surface area contributed by atoms with E-state index in [9.17, 15) is 4.79 Å². The second kappa shape index (κ2) is 8.13. The highest BCUT2D eigenvalue weighted by Crippen LogP contribution is 2.72. The van der Waals surface area contributed by atoms with Gasteiger partial charge in [-0.15, -0.1) is 0 Å². The zero-order valence-electron chi connectivity index (χ0n) is 22.5. The maximum absolute atomic E-state index is 12.8. The van der Waals surface area contributed by atoms with Crippen molar-refractivity contribution in [2.24, 2.45) is 39.4 Å². The number of carbonyl (C=O) groups excluding carboxylic acids is 1. The molecule has 1 nitrogen and oxygen atoms in total. The van der Waals surface area contributed by atoms with Crippen LogP contribution >= 0.6 is 0 Å². The number of hydrogen-bond donors (Lipinski definition) is 0. The molecule has 0 bridgehead atoms. The molecule has 180 valence electrons. The summed E-state index contributed by atoms with van der Waals surface area (Å²) < 4.78 is 0. The van der Waals surface area contributed by atoms with E-state index in [1.54, 1.807) is 5.57 Å². The molecule has 0 heterocycles. The van der Waals surface area contributed by atoms with E-state index in [-0.39, 0.29) is 10.8 Å². The van der Waals surface area contributed by atoms with Gasteiger partial charge in [0.1, 0.15) is 5.78 Å². The van der Waals surface area contributed by atoms with E-state index in [1.165, 1.54) is 57.8 Å². The fourth-order valence-electron chi connectivity index (χ4n) is 9.38. The number of hydrogen-bond acceptors (Lipinski definition) is 1. The van der Waals surface area contributed by atoms with Gasteiger partial charge in [-0.05, 0) is 105 Å². The van der Waals surface area contributed by atoms with Crippen LogP contribution in [0.3, 0.4) is 0 Å². The number of carbonyl (C=O) groups is 1. The molecule has 4 rings (SSSR count). The Kier molecular flexibility index (Phi) is 6.17. The van der Waals surface area contributed by atoms with E-state index in [1.807, 2.05) is 11.1 Å². The molecular weight excluding hydrogens is 388 g/mol. The van der Waals surface area contributed by atoms with Crippen molar-refractivity contribution in [2.75, 3.05) is 0 Å². The Hall–Kier alpha value is -0.850. The third-order valence-corrected chi connectivity index (χ3v) is 11.9. The van der Waals surface area contributed by atoms with Crippen molar-refractivity contribution in [1.29, 1.82) is 0 Å². The van der Waals surface area contributed by atoms with Crippen molar-refractivity contribution < 1.29 is 4.79 Å². The lowest BCUT2D eigenvalue weighted by molar-refractivity contribution is -0.139. The van der Waals surface area contributed by atoms with Gasteiger partial charge in [-0.1, -0.05) is 71.3 Å². The Morgan fingerprint density at radius 3 is 2.41 bits per heavy atom. The molecule has 0 aromatic carbocycles. The third kappa shape index (κ3) is 3.34. The molecule has 0 amide bonds. The second-order valence-corrected chi connectivity index (χ2v) is 13.5. The number of Topliss-reactive ketones (excluding diaryl/α,β-unsaturated/α-hetero) is 1. The lowest BCUT2D eigenvalue weighted by Crippen LogP contribution is -2.53. The molecule has 0 saturated heterocycles. The monoisotopic (exact) mass is 438 g/mol. The van der Waals surface area contributed by atoms with Gasteiger partial charge in [-0.3, -0.25) is 4.79 Å². The molecule has 0 aromatic heterocycles. The lowest BCUT2D eigenvalue weighted by Gasteiger charge is -2.61. The first-order valence-corrected chi connectivity index (χ1v) is 13.8. The molecule has 0 radical (unpaired) electrons. The smallest absolute Gasteiger partial charge is 0.138 e. The highest BCUT2D eigenvalue weighted by atomic mass is 16.1. The van der Waals surface area contributed by atoms with Crippen LogP contribution in [-0.4, -0.2) is 5.78 Å². The summed E-state index contributed by atoms with van der Waals surface area (Å²) in [5.41, 5.74) is 6.12. The summed E-state index contributed by atoms with van der Waals surface area (Å²) in [4.78, 5) is 12.8. The molecule has 2 fully saturated rings. The Morgan fingerprint density at radius 2 is 1.72 bits per heavy atom. The molecule has 0 spiro atoms. The standard InChI is InChI=1S/C31H50O/c1-9-21(2)11-10-12-22(3)23-15-19-31(8)25-13-14-26-28(4,5)27(32)17-18-29(26,6)24(25)16-20-30(23,31)7/h11,22-23,26H,9-10,12-20H2,1-8H3/b21-11-/t22-,23-,26?,29-,30-,31+/m1/s1. The molecule has 4 aliphatic rings. The summed E-state index contributed by atoms with van der Waals surface area (Å²) >= 11 is 0. The predicted molar refractivity (Wildman–Crippen MR) is 136 cm³/mol. The number of rotatable bonds is 5. The summed E-state index contributed by atoms with van der Waals surface area (Å²) in [6.07, 6.45) is 16.1. The zero-order chi connectivity index (χ0) is 23.5. The van der Waals surface area contributed by atoms with E-state index in [2.05, 4.69) is 61.5 Å². The molecule has 1 heteroatoms. The van der Waals surface area contributed by atoms with Gasteiger partial charge in [0.2, 0.25) is 0 Å². The van der Waals surface area contributed by atoms with Crippen LogP contribution < -0.4 is 0 Å². The van der Waals surface area contributed by atoms with E-state index in [4.69, 9.17) is 0 Å². The van der Waals surface area contributed by atoms with Crippen molar-refractivity contribution in [2.45, 2.75) is 126 Å². The van der Waals surface area contributed by atoms with Crippen molar-refractivity contribution in [1.82, 2.24) is 0 Å². The fraction of sp³-hybridized carbons (Fsp3) is 0.839. The minimum Gasteiger partial charge on any atom is -0.299 e. The topological polar surface area (TPSA) is 17.1 Å². The molecule has 0 aliphatic heterocycles. The van der Waals surface area contributed by atoms with E-state index < -0.39 is 0 Å². The minimum absolute atomic E-state index is 0.149. The van der Waals surface area contributed by atoms with E-state index in [0.29, 0.717) is 22.5 Å². The van der Waals surface area contributed by atoms with Gasteiger partial charge in [0.05, 0.1) is 0 Å².